The van der Waals surface area contributed by atoms with Crippen molar-refractivity contribution in [1.29, 1.82) is 0 Å². The second kappa shape index (κ2) is 16.6. The van der Waals surface area contributed by atoms with Crippen LogP contribution in [-0.2, 0) is 5.41 Å². The predicted octanol–water partition coefficient (Wildman–Crippen LogP) is 16.2. The number of rotatable bonds is 8. The molecule has 12 aromatic rings. The first-order chi connectivity index (χ1) is 34.4. The summed E-state index contributed by atoms with van der Waals surface area (Å²) >= 11 is 0. The number of benzene rings is 9. The van der Waals surface area contributed by atoms with Crippen molar-refractivity contribution in [1.82, 2.24) is 24.9 Å². The van der Waals surface area contributed by atoms with Crippen LogP contribution in [-0.4, -0.2) is 24.9 Å². The largest absolute Gasteiger partial charge is 0.455 e. The van der Waals surface area contributed by atoms with Crippen molar-refractivity contribution in [3.05, 3.63) is 236 Å². The van der Waals surface area contributed by atoms with Gasteiger partial charge in [0.05, 0.1) is 11.4 Å². The van der Waals surface area contributed by atoms with E-state index in [-0.39, 0.29) is 5.41 Å². The molecule has 0 spiro atoms. The molecule has 9 aromatic carbocycles. The number of fused-ring (bicyclic) bond motifs is 6. The van der Waals surface area contributed by atoms with Gasteiger partial charge in [-0.3, -0.25) is 0 Å². The van der Waals surface area contributed by atoms with Gasteiger partial charge in [0.25, 0.3) is 0 Å². The fourth-order valence-electron chi connectivity index (χ4n) is 10.2. The Hall–Kier alpha value is -9.13. The Bertz CT molecular complexity index is 3970. The monoisotopic (exact) mass is 897 g/mol. The standard InChI is InChI=1S/C64H43N5O/c1-64(2)54-33-13-12-28-49(54)50-35-34-47(38-55(50)64)63-68-61(42-22-10-5-11-23-42)67-62(69-63)46-27-15-25-44(37-46)43-24-14-26-45(36-43)56-39-57(66-60(65-56)41-20-8-4-9-21-41)53-32-17-31-52-51-30-16-29-48(58(51)70-59(52)53)40-18-6-3-7-19-40/h3-39H,1-2H3. The van der Waals surface area contributed by atoms with E-state index in [4.69, 9.17) is 29.3 Å². The van der Waals surface area contributed by atoms with E-state index < -0.39 is 0 Å². The summed E-state index contributed by atoms with van der Waals surface area (Å²) < 4.78 is 6.87. The van der Waals surface area contributed by atoms with Gasteiger partial charge in [-0.1, -0.05) is 208 Å². The molecule has 0 unspecified atom stereocenters. The molecule has 70 heavy (non-hydrogen) atoms. The van der Waals surface area contributed by atoms with Gasteiger partial charge in [-0.15, -0.1) is 0 Å². The summed E-state index contributed by atoms with van der Waals surface area (Å²) in [6.07, 6.45) is 0. The lowest BCUT2D eigenvalue weighted by molar-refractivity contribution is 0.660. The first kappa shape index (κ1) is 41.1. The molecule has 0 bridgehead atoms. The van der Waals surface area contributed by atoms with Crippen molar-refractivity contribution in [3.63, 3.8) is 0 Å². The van der Waals surface area contributed by atoms with Crippen LogP contribution in [0.5, 0.6) is 0 Å². The second-order valence-corrected chi connectivity index (χ2v) is 18.4. The summed E-state index contributed by atoms with van der Waals surface area (Å²) in [6, 6.07) is 77.8. The van der Waals surface area contributed by atoms with Crippen LogP contribution in [0.3, 0.4) is 0 Å². The fraction of sp³-hybridized carbons (Fsp3) is 0.0469. The Kier molecular flexibility index (Phi) is 9.73. The van der Waals surface area contributed by atoms with E-state index in [2.05, 4.69) is 184 Å². The van der Waals surface area contributed by atoms with Crippen molar-refractivity contribution in [3.8, 4) is 101 Å². The van der Waals surface area contributed by atoms with Crippen LogP contribution < -0.4 is 0 Å². The summed E-state index contributed by atoms with van der Waals surface area (Å²) in [4.78, 5) is 25.9. The zero-order valence-corrected chi connectivity index (χ0v) is 38.5. The van der Waals surface area contributed by atoms with Gasteiger partial charge in [-0.05, 0) is 69.3 Å². The van der Waals surface area contributed by atoms with E-state index in [1.165, 1.54) is 22.3 Å². The number of hydrogen-bond donors (Lipinski definition) is 0. The molecule has 0 atom stereocenters. The Balaban J connectivity index is 0.906. The lowest BCUT2D eigenvalue weighted by Gasteiger charge is -2.21. The highest BCUT2D eigenvalue weighted by Crippen LogP contribution is 2.49. The average molecular weight is 898 g/mol. The minimum Gasteiger partial charge on any atom is -0.455 e. The first-order valence-corrected chi connectivity index (χ1v) is 23.6. The molecule has 0 radical (unpaired) electrons. The molecule has 0 amide bonds. The Labute approximate surface area is 405 Å². The van der Waals surface area contributed by atoms with Gasteiger partial charge in [0, 0.05) is 55.1 Å². The van der Waals surface area contributed by atoms with Gasteiger partial charge >= 0.3 is 0 Å². The maximum Gasteiger partial charge on any atom is 0.164 e. The molecule has 6 nitrogen and oxygen atoms in total. The third kappa shape index (κ3) is 7.08. The number of hydrogen-bond acceptors (Lipinski definition) is 6. The Morgan fingerprint density at radius 1 is 0.286 bits per heavy atom. The van der Waals surface area contributed by atoms with Gasteiger partial charge in [0.2, 0.25) is 0 Å². The summed E-state index contributed by atoms with van der Waals surface area (Å²) in [5, 5.41) is 2.10. The highest BCUT2D eigenvalue weighted by molar-refractivity contribution is 6.13. The summed E-state index contributed by atoms with van der Waals surface area (Å²) in [5.74, 6) is 2.50. The number of para-hydroxylation sites is 2. The van der Waals surface area contributed by atoms with E-state index >= 15 is 0 Å². The maximum absolute atomic E-state index is 6.87. The van der Waals surface area contributed by atoms with Crippen LogP contribution in [0, 0.1) is 0 Å². The molecule has 0 aliphatic heterocycles. The minimum atomic E-state index is -0.158. The lowest BCUT2D eigenvalue weighted by Crippen LogP contribution is -2.15. The van der Waals surface area contributed by atoms with Crippen molar-refractivity contribution in [2.75, 3.05) is 0 Å². The summed E-state index contributed by atoms with van der Waals surface area (Å²) in [6.45, 7) is 4.60. The molecule has 0 saturated carbocycles. The molecule has 0 saturated heterocycles. The first-order valence-electron chi connectivity index (χ1n) is 23.6. The van der Waals surface area contributed by atoms with Crippen molar-refractivity contribution < 1.29 is 4.42 Å². The molecule has 1 aliphatic carbocycles. The van der Waals surface area contributed by atoms with Gasteiger partial charge in [0.1, 0.15) is 11.2 Å². The number of aromatic nitrogens is 5. The summed E-state index contributed by atoms with van der Waals surface area (Å²) in [5.41, 5.74) is 18.0. The van der Waals surface area contributed by atoms with Crippen molar-refractivity contribution in [2.24, 2.45) is 0 Å². The van der Waals surface area contributed by atoms with Crippen LogP contribution >= 0.6 is 0 Å². The van der Waals surface area contributed by atoms with Gasteiger partial charge in [0.15, 0.2) is 23.3 Å². The molecule has 0 fully saturated rings. The lowest BCUT2D eigenvalue weighted by atomic mass is 9.82. The van der Waals surface area contributed by atoms with Crippen molar-refractivity contribution in [2.45, 2.75) is 19.3 Å². The zero-order valence-electron chi connectivity index (χ0n) is 38.5. The average Bonchev–Trinajstić information content (AvgIpc) is 3.93. The van der Waals surface area contributed by atoms with Crippen LogP contribution in [0.25, 0.3) is 123 Å². The smallest absolute Gasteiger partial charge is 0.164 e. The van der Waals surface area contributed by atoms with E-state index in [9.17, 15) is 0 Å². The predicted molar refractivity (Wildman–Crippen MR) is 284 cm³/mol. The van der Waals surface area contributed by atoms with Gasteiger partial charge in [-0.25, -0.2) is 24.9 Å². The van der Waals surface area contributed by atoms with E-state index in [1.54, 1.807) is 0 Å². The van der Waals surface area contributed by atoms with E-state index in [0.29, 0.717) is 23.3 Å². The highest BCUT2D eigenvalue weighted by atomic mass is 16.3. The molecular formula is C64H43N5O. The topological polar surface area (TPSA) is 77.6 Å². The van der Waals surface area contributed by atoms with E-state index in [1.807, 2.05) is 54.6 Å². The minimum absolute atomic E-state index is 0.158. The van der Waals surface area contributed by atoms with Crippen LogP contribution in [0.1, 0.15) is 25.0 Å². The van der Waals surface area contributed by atoms with Crippen LogP contribution in [0.2, 0.25) is 0 Å². The molecule has 0 N–H and O–H groups in total. The summed E-state index contributed by atoms with van der Waals surface area (Å²) in [7, 11) is 0. The maximum atomic E-state index is 6.87. The van der Waals surface area contributed by atoms with Gasteiger partial charge in [-0.2, -0.15) is 0 Å². The van der Waals surface area contributed by atoms with Gasteiger partial charge < -0.3 is 4.42 Å². The third-order valence-electron chi connectivity index (χ3n) is 13.8. The van der Waals surface area contributed by atoms with Crippen LogP contribution in [0.4, 0.5) is 0 Å². The Morgan fingerprint density at radius 3 is 1.40 bits per heavy atom. The number of nitrogens with zero attached hydrogens (tertiary/aromatic N) is 5. The highest BCUT2D eigenvalue weighted by Gasteiger charge is 2.35. The molecule has 1 aliphatic rings. The molecular weight excluding hydrogens is 855 g/mol. The van der Waals surface area contributed by atoms with Crippen LogP contribution in [0.15, 0.2) is 229 Å². The SMILES string of the molecule is CC1(C)c2ccccc2-c2ccc(-c3nc(-c4ccccc4)nc(-c4cccc(-c5cccc(-c6cc(-c7cccc8c7oc7c(-c9ccccc9)cccc78)nc(-c7ccccc7)n6)c5)c4)n3)cc21. The molecule has 3 aromatic heterocycles. The third-order valence-corrected chi connectivity index (χ3v) is 13.8. The quantitative estimate of drug-likeness (QED) is 0.151. The van der Waals surface area contributed by atoms with E-state index in [0.717, 1.165) is 89.0 Å². The molecule has 330 valence electrons. The molecule has 6 heteroatoms. The number of furan rings is 1. The normalized spacial score (nSPS) is 12.5. The molecule has 3 heterocycles. The zero-order chi connectivity index (χ0) is 46.8. The second-order valence-electron chi connectivity index (χ2n) is 18.4. The fourth-order valence-corrected chi connectivity index (χ4v) is 10.2. The van der Waals surface area contributed by atoms with Crippen molar-refractivity contribution >= 4 is 21.9 Å². The Morgan fingerprint density at radius 2 is 0.729 bits per heavy atom. The molecule has 13 rings (SSSR count).